The molecule has 1 aliphatic heterocycles. The Labute approximate surface area is 158 Å². The van der Waals surface area contributed by atoms with Gasteiger partial charge in [0.05, 0.1) is 13.2 Å². The molecule has 0 saturated carbocycles. The van der Waals surface area contributed by atoms with Gasteiger partial charge in [0.1, 0.15) is 0 Å². The Hall–Kier alpha value is -1.92. The molecule has 0 bridgehead atoms. The van der Waals surface area contributed by atoms with Crippen molar-refractivity contribution in [3.05, 3.63) is 52.0 Å². The lowest BCUT2D eigenvalue weighted by Gasteiger charge is -2.26. The summed E-state index contributed by atoms with van der Waals surface area (Å²) in [5.41, 5.74) is 0.799. The largest absolute Gasteiger partial charge is 0.494 e. The van der Waals surface area contributed by atoms with E-state index >= 15 is 0 Å². The normalized spacial score (nSPS) is 15.8. The number of likely N-dealkylation sites (tertiary alicyclic amines) is 1. The minimum atomic E-state index is -0.391. The SMILES string of the molecule is COc1ccc(CCC(=O)NCC(c2cccs2)N2CCCC2)cc1F. The van der Waals surface area contributed by atoms with Crippen LogP contribution in [0.5, 0.6) is 5.75 Å². The van der Waals surface area contributed by atoms with Crippen molar-refractivity contribution in [1.29, 1.82) is 0 Å². The van der Waals surface area contributed by atoms with E-state index in [-0.39, 0.29) is 17.7 Å². The van der Waals surface area contributed by atoms with Crippen molar-refractivity contribution < 1.29 is 13.9 Å². The zero-order valence-corrected chi connectivity index (χ0v) is 15.9. The predicted octanol–water partition coefficient (Wildman–Crippen LogP) is 3.78. The summed E-state index contributed by atoms with van der Waals surface area (Å²) in [5.74, 6) is -0.165. The lowest BCUT2D eigenvalue weighted by Crippen LogP contribution is -2.36. The Morgan fingerprint density at radius 3 is 2.81 bits per heavy atom. The van der Waals surface area contributed by atoms with Crippen molar-refractivity contribution in [3.63, 3.8) is 0 Å². The number of benzene rings is 1. The summed E-state index contributed by atoms with van der Waals surface area (Å²) >= 11 is 1.74. The van der Waals surface area contributed by atoms with Gasteiger partial charge >= 0.3 is 0 Å². The summed E-state index contributed by atoms with van der Waals surface area (Å²) in [5, 5.41) is 5.14. The molecule has 2 aromatic rings. The number of hydrogen-bond acceptors (Lipinski definition) is 4. The minimum absolute atomic E-state index is 0.00183. The third-order valence-electron chi connectivity index (χ3n) is 4.80. The second-order valence-corrected chi connectivity index (χ2v) is 7.53. The Morgan fingerprint density at radius 1 is 1.35 bits per heavy atom. The van der Waals surface area contributed by atoms with E-state index in [0.29, 0.717) is 19.4 Å². The van der Waals surface area contributed by atoms with Crippen molar-refractivity contribution >= 4 is 17.2 Å². The summed E-state index contributed by atoms with van der Waals surface area (Å²) < 4.78 is 18.6. The van der Waals surface area contributed by atoms with Crippen LogP contribution in [0.1, 0.15) is 35.7 Å². The first-order chi connectivity index (χ1) is 12.7. The van der Waals surface area contributed by atoms with Crippen LogP contribution in [0, 0.1) is 5.82 Å². The lowest BCUT2D eigenvalue weighted by molar-refractivity contribution is -0.121. The van der Waals surface area contributed by atoms with E-state index < -0.39 is 5.82 Å². The topological polar surface area (TPSA) is 41.6 Å². The molecule has 0 radical (unpaired) electrons. The Morgan fingerprint density at radius 2 is 2.15 bits per heavy atom. The van der Waals surface area contributed by atoms with Gasteiger partial charge in [-0.05, 0) is 61.5 Å². The molecule has 4 nitrogen and oxygen atoms in total. The lowest BCUT2D eigenvalue weighted by atomic mass is 10.1. The Kier molecular flexibility index (Phi) is 6.63. The molecule has 1 aromatic carbocycles. The smallest absolute Gasteiger partial charge is 0.220 e. The van der Waals surface area contributed by atoms with Crippen molar-refractivity contribution in [2.24, 2.45) is 0 Å². The molecule has 140 valence electrons. The van der Waals surface area contributed by atoms with Gasteiger partial charge in [-0.15, -0.1) is 11.3 Å². The van der Waals surface area contributed by atoms with Crippen LogP contribution in [0.15, 0.2) is 35.7 Å². The molecule has 1 aliphatic rings. The number of rotatable bonds is 8. The second kappa shape index (κ2) is 9.14. The average Bonchev–Trinajstić information content (AvgIpc) is 3.35. The zero-order chi connectivity index (χ0) is 18.4. The van der Waals surface area contributed by atoms with Crippen LogP contribution in [0.2, 0.25) is 0 Å². The number of nitrogens with one attached hydrogen (secondary N) is 1. The summed E-state index contributed by atoms with van der Waals surface area (Å²) in [6.45, 7) is 2.80. The van der Waals surface area contributed by atoms with Crippen LogP contribution in [-0.4, -0.2) is 37.6 Å². The molecule has 1 atom stereocenters. The van der Waals surface area contributed by atoms with Gasteiger partial charge in [-0.1, -0.05) is 12.1 Å². The molecular formula is C20H25FN2O2S. The van der Waals surface area contributed by atoms with Crippen molar-refractivity contribution in [2.75, 3.05) is 26.7 Å². The highest BCUT2D eigenvalue weighted by atomic mass is 32.1. The number of carbonyl (C=O) groups is 1. The van der Waals surface area contributed by atoms with Crippen molar-refractivity contribution in [2.45, 2.75) is 31.7 Å². The molecule has 1 aromatic heterocycles. The molecule has 1 N–H and O–H groups in total. The molecule has 1 amide bonds. The zero-order valence-electron chi connectivity index (χ0n) is 15.0. The number of halogens is 1. The Bertz CT molecular complexity index is 715. The van der Waals surface area contributed by atoms with E-state index in [9.17, 15) is 9.18 Å². The Balaban J connectivity index is 1.51. The standard InChI is InChI=1S/C20H25FN2O2S/c1-25-18-8-6-15(13-16(18)21)7-9-20(24)22-14-17(19-5-4-12-26-19)23-10-2-3-11-23/h4-6,8,12-13,17H,2-3,7,9-11,14H2,1H3,(H,22,24). The summed E-state index contributed by atoms with van der Waals surface area (Å²) in [6, 6.07) is 9.28. The van der Waals surface area contributed by atoms with Gasteiger partial charge in [0, 0.05) is 17.8 Å². The number of ether oxygens (including phenoxy) is 1. The number of methoxy groups -OCH3 is 1. The molecule has 0 spiro atoms. The first-order valence-electron chi connectivity index (χ1n) is 9.04. The maximum Gasteiger partial charge on any atom is 0.220 e. The van der Waals surface area contributed by atoms with E-state index in [1.165, 1.54) is 30.9 Å². The fraction of sp³-hybridized carbons (Fsp3) is 0.450. The van der Waals surface area contributed by atoms with E-state index in [0.717, 1.165) is 18.7 Å². The van der Waals surface area contributed by atoms with Crippen LogP contribution in [-0.2, 0) is 11.2 Å². The van der Waals surface area contributed by atoms with Crippen LogP contribution < -0.4 is 10.1 Å². The number of carbonyl (C=O) groups excluding carboxylic acids is 1. The molecule has 1 fully saturated rings. The van der Waals surface area contributed by atoms with Crippen LogP contribution >= 0.6 is 11.3 Å². The van der Waals surface area contributed by atoms with Gasteiger partial charge in [0.25, 0.3) is 0 Å². The van der Waals surface area contributed by atoms with E-state index in [4.69, 9.17) is 4.74 Å². The average molecular weight is 376 g/mol. The molecule has 2 heterocycles. The van der Waals surface area contributed by atoms with Gasteiger partial charge in [0.15, 0.2) is 11.6 Å². The highest BCUT2D eigenvalue weighted by Gasteiger charge is 2.24. The van der Waals surface area contributed by atoms with Crippen LogP contribution in [0.4, 0.5) is 4.39 Å². The number of aryl methyl sites for hydroxylation is 1. The highest BCUT2D eigenvalue weighted by molar-refractivity contribution is 7.10. The van der Waals surface area contributed by atoms with E-state index in [1.54, 1.807) is 23.5 Å². The number of hydrogen-bond donors (Lipinski definition) is 1. The monoisotopic (exact) mass is 376 g/mol. The molecule has 1 unspecified atom stereocenters. The number of nitrogens with zero attached hydrogens (tertiary/aromatic N) is 1. The van der Waals surface area contributed by atoms with Gasteiger partial charge < -0.3 is 10.1 Å². The fourth-order valence-electron chi connectivity index (χ4n) is 3.37. The summed E-state index contributed by atoms with van der Waals surface area (Å²) in [6.07, 6.45) is 3.31. The van der Waals surface area contributed by atoms with Crippen molar-refractivity contribution in [3.8, 4) is 5.75 Å². The molecular weight excluding hydrogens is 351 g/mol. The predicted molar refractivity (Wildman–Crippen MR) is 102 cm³/mol. The summed E-state index contributed by atoms with van der Waals surface area (Å²) in [7, 11) is 1.44. The van der Waals surface area contributed by atoms with Crippen LogP contribution in [0.25, 0.3) is 0 Å². The maximum absolute atomic E-state index is 13.7. The minimum Gasteiger partial charge on any atom is -0.494 e. The molecule has 6 heteroatoms. The third kappa shape index (κ3) is 4.83. The first kappa shape index (κ1) is 18.9. The molecule has 26 heavy (non-hydrogen) atoms. The van der Waals surface area contributed by atoms with Gasteiger partial charge in [-0.2, -0.15) is 0 Å². The number of thiophene rings is 1. The van der Waals surface area contributed by atoms with Crippen molar-refractivity contribution in [1.82, 2.24) is 10.2 Å². The first-order valence-corrected chi connectivity index (χ1v) is 9.92. The number of amides is 1. The van der Waals surface area contributed by atoms with E-state index in [2.05, 4.69) is 27.7 Å². The quantitative estimate of drug-likeness (QED) is 0.762. The summed E-state index contributed by atoms with van der Waals surface area (Å²) in [4.78, 5) is 16.0. The van der Waals surface area contributed by atoms with Gasteiger partial charge in [-0.3, -0.25) is 9.69 Å². The molecule has 3 rings (SSSR count). The van der Waals surface area contributed by atoms with E-state index in [1.807, 2.05) is 0 Å². The second-order valence-electron chi connectivity index (χ2n) is 6.55. The molecule has 0 aliphatic carbocycles. The maximum atomic E-state index is 13.7. The fourth-order valence-corrected chi connectivity index (χ4v) is 4.23. The molecule has 1 saturated heterocycles. The van der Waals surface area contributed by atoms with Gasteiger partial charge in [0.2, 0.25) is 5.91 Å². The highest BCUT2D eigenvalue weighted by Crippen LogP contribution is 2.27. The van der Waals surface area contributed by atoms with Crippen LogP contribution in [0.3, 0.4) is 0 Å². The van der Waals surface area contributed by atoms with Gasteiger partial charge in [-0.25, -0.2) is 4.39 Å². The third-order valence-corrected chi connectivity index (χ3v) is 5.78.